The van der Waals surface area contributed by atoms with Crippen LogP contribution in [0, 0.1) is 0 Å². The highest BCUT2D eigenvalue weighted by molar-refractivity contribution is 6.02. The van der Waals surface area contributed by atoms with Gasteiger partial charge in [-0.15, -0.1) is 0 Å². The largest absolute Gasteiger partial charge is 0.371 e. The van der Waals surface area contributed by atoms with Crippen molar-refractivity contribution in [2.24, 2.45) is 0 Å². The summed E-state index contributed by atoms with van der Waals surface area (Å²) in [5.41, 5.74) is 4.13. The molecule has 0 N–H and O–H groups in total. The summed E-state index contributed by atoms with van der Waals surface area (Å²) in [4.78, 5) is 2.69. The maximum atomic E-state index is 2.69. The van der Waals surface area contributed by atoms with E-state index in [1.165, 1.54) is 85.4 Å². The fourth-order valence-corrected chi connectivity index (χ4v) is 4.42. The number of hydrogen-bond donors (Lipinski definition) is 0. The van der Waals surface area contributed by atoms with Gasteiger partial charge in [0, 0.05) is 24.0 Å². The van der Waals surface area contributed by atoms with E-state index in [1.807, 2.05) is 0 Å². The molecule has 0 unspecified atom stereocenters. The first kappa shape index (κ1) is 22.4. The highest BCUT2D eigenvalue weighted by Gasteiger charge is 2.16. The lowest BCUT2D eigenvalue weighted by molar-refractivity contribution is 0.590. The molecule has 0 spiro atoms. The number of rotatable bonds is 13. The first-order valence-corrected chi connectivity index (χ1v) is 12.2. The lowest BCUT2D eigenvalue weighted by Crippen LogP contribution is -2.26. The van der Waals surface area contributed by atoms with E-state index in [4.69, 9.17) is 0 Å². The lowest BCUT2D eigenvalue weighted by atomic mass is 9.97. The third kappa shape index (κ3) is 6.11. The standard InChI is InChI=1S/C29H39N/c1-3-5-7-8-9-16-24-30(23-15-6-4-2)29-27-20-14-13-19-26(27)21-22-28(29)25-17-11-10-12-18-25/h10-14,17-22H,3-9,15-16,23-24H2,1-2H3. The molecule has 0 aliphatic heterocycles. The molecule has 1 heteroatoms. The SMILES string of the molecule is CCCCCCCCN(CCCCC)c1c(-c2ccccc2)ccc2ccccc12. The summed E-state index contributed by atoms with van der Waals surface area (Å²) in [7, 11) is 0. The first-order chi connectivity index (χ1) is 14.8. The second-order valence-corrected chi connectivity index (χ2v) is 8.51. The molecule has 0 aromatic heterocycles. The predicted molar refractivity (Wildman–Crippen MR) is 134 cm³/mol. The molecule has 0 saturated carbocycles. The fourth-order valence-electron chi connectivity index (χ4n) is 4.42. The molecule has 3 aromatic carbocycles. The molecule has 0 heterocycles. The van der Waals surface area contributed by atoms with E-state index in [9.17, 15) is 0 Å². The van der Waals surface area contributed by atoms with Crippen molar-refractivity contribution in [1.29, 1.82) is 0 Å². The molecule has 0 atom stereocenters. The van der Waals surface area contributed by atoms with Gasteiger partial charge in [-0.1, -0.05) is 126 Å². The Kier molecular flexibility index (Phi) is 9.28. The van der Waals surface area contributed by atoms with Crippen molar-refractivity contribution in [3.63, 3.8) is 0 Å². The van der Waals surface area contributed by atoms with Gasteiger partial charge in [-0.3, -0.25) is 0 Å². The van der Waals surface area contributed by atoms with Gasteiger partial charge in [0.1, 0.15) is 0 Å². The van der Waals surface area contributed by atoms with Crippen molar-refractivity contribution in [2.75, 3.05) is 18.0 Å². The third-order valence-electron chi connectivity index (χ3n) is 6.11. The Balaban J connectivity index is 1.92. The third-order valence-corrected chi connectivity index (χ3v) is 6.11. The van der Waals surface area contributed by atoms with Gasteiger partial charge in [0.15, 0.2) is 0 Å². The smallest absolute Gasteiger partial charge is 0.0525 e. The molecule has 0 aliphatic rings. The van der Waals surface area contributed by atoms with Gasteiger partial charge >= 0.3 is 0 Å². The van der Waals surface area contributed by atoms with Gasteiger partial charge in [0.2, 0.25) is 0 Å². The molecule has 3 rings (SSSR count). The molecular formula is C29H39N. The van der Waals surface area contributed by atoms with E-state index < -0.39 is 0 Å². The van der Waals surface area contributed by atoms with Crippen molar-refractivity contribution < 1.29 is 0 Å². The van der Waals surface area contributed by atoms with Gasteiger partial charge in [0.25, 0.3) is 0 Å². The number of fused-ring (bicyclic) bond motifs is 1. The van der Waals surface area contributed by atoms with Crippen molar-refractivity contribution in [3.8, 4) is 11.1 Å². The van der Waals surface area contributed by atoms with Crippen LogP contribution in [0.2, 0.25) is 0 Å². The summed E-state index contributed by atoms with van der Waals surface area (Å²) < 4.78 is 0. The van der Waals surface area contributed by atoms with Crippen molar-refractivity contribution in [1.82, 2.24) is 0 Å². The minimum absolute atomic E-state index is 1.15. The maximum absolute atomic E-state index is 2.69. The molecule has 0 amide bonds. The summed E-state index contributed by atoms with van der Waals surface area (Å²) >= 11 is 0. The van der Waals surface area contributed by atoms with Crippen LogP contribution in [0.15, 0.2) is 66.7 Å². The molecular weight excluding hydrogens is 362 g/mol. The Hall–Kier alpha value is -2.28. The van der Waals surface area contributed by atoms with Crippen LogP contribution in [0.3, 0.4) is 0 Å². The van der Waals surface area contributed by atoms with Crippen LogP contribution in [-0.2, 0) is 0 Å². The molecule has 0 fully saturated rings. The lowest BCUT2D eigenvalue weighted by Gasteiger charge is -2.29. The molecule has 30 heavy (non-hydrogen) atoms. The number of nitrogens with zero attached hydrogens (tertiary/aromatic N) is 1. The maximum Gasteiger partial charge on any atom is 0.0525 e. The van der Waals surface area contributed by atoms with E-state index in [2.05, 4.69) is 85.5 Å². The molecule has 160 valence electrons. The van der Waals surface area contributed by atoms with Crippen LogP contribution in [0.4, 0.5) is 5.69 Å². The van der Waals surface area contributed by atoms with Crippen LogP contribution >= 0.6 is 0 Å². The number of hydrogen-bond acceptors (Lipinski definition) is 1. The number of unbranched alkanes of at least 4 members (excludes halogenated alkanes) is 7. The average molecular weight is 402 g/mol. The van der Waals surface area contributed by atoms with Crippen LogP contribution < -0.4 is 4.90 Å². The molecule has 0 radical (unpaired) electrons. The molecule has 0 bridgehead atoms. The molecule has 0 aliphatic carbocycles. The van der Waals surface area contributed by atoms with Gasteiger partial charge in [0.05, 0.1) is 5.69 Å². The Morgan fingerprint density at radius 2 is 1.17 bits per heavy atom. The zero-order chi connectivity index (χ0) is 21.0. The van der Waals surface area contributed by atoms with E-state index in [0.717, 1.165) is 13.1 Å². The Labute approximate surface area is 184 Å². The van der Waals surface area contributed by atoms with E-state index >= 15 is 0 Å². The van der Waals surface area contributed by atoms with Crippen molar-refractivity contribution in [3.05, 3.63) is 66.7 Å². The first-order valence-electron chi connectivity index (χ1n) is 12.2. The summed E-state index contributed by atoms with van der Waals surface area (Å²) in [5, 5.41) is 2.73. The monoisotopic (exact) mass is 401 g/mol. The van der Waals surface area contributed by atoms with Gasteiger partial charge < -0.3 is 4.90 Å². The fraction of sp³-hybridized carbons (Fsp3) is 0.448. The predicted octanol–water partition coefficient (Wildman–Crippen LogP) is 8.86. The zero-order valence-electron chi connectivity index (χ0n) is 19.1. The Morgan fingerprint density at radius 3 is 1.93 bits per heavy atom. The van der Waals surface area contributed by atoms with E-state index in [0.29, 0.717) is 0 Å². The molecule has 0 saturated heterocycles. The Morgan fingerprint density at radius 1 is 0.567 bits per heavy atom. The quantitative estimate of drug-likeness (QED) is 0.258. The van der Waals surface area contributed by atoms with Crippen LogP contribution in [0.1, 0.15) is 71.6 Å². The summed E-state index contributed by atoms with van der Waals surface area (Å²) in [5.74, 6) is 0. The number of anilines is 1. The molecule has 3 aromatic rings. The summed E-state index contributed by atoms with van der Waals surface area (Å²) in [6.07, 6.45) is 11.9. The van der Waals surface area contributed by atoms with E-state index in [-0.39, 0.29) is 0 Å². The zero-order valence-corrected chi connectivity index (χ0v) is 19.1. The highest BCUT2D eigenvalue weighted by Crippen LogP contribution is 2.38. The normalized spacial score (nSPS) is 11.1. The van der Waals surface area contributed by atoms with Crippen molar-refractivity contribution >= 4 is 16.5 Å². The Bertz CT molecular complexity index is 868. The second-order valence-electron chi connectivity index (χ2n) is 8.51. The van der Waals surface area contributed by atoms with E-state index in [1.54, 1.807) is 0 Å². The number of benzene rings is 3. The van der Waals surface area contributed by atoms with Crippen LogP contribution in [0.25, 0.3) is 21.9 Å². The summed E-state index contributed by atoms with van der Waals surface area (Å²) in [6, 6.07) is 24.5. The highest BCUT2D eigenvalue weighted by atomic mass is 15.1. The van der Waals surface area contributed by atoms with Gasteiger partial charge in [-0.25, -0.2) is 0 Å². The summed E-state index contributed by atoms with van der Waals surface area (Å²) in [6.45, 7) is 6.90. The average Bonchev–Trinajstić information content (AvgIpc) is 2.80. The van der Waals surface area contributed by atoms with Crippen LogP contribution in [-0.4, -0.2) is 13.1 Å². The second kappa shape index (κ2) is 12.4. The minimum Gasteiger partial charge on any atom is -0.371 e. The van der Waals surface area contributed by atoms with Crippen molar-refractivity contribution in [2.45, 2.75) is 71.6 Å². The van der Waals surface area contributed by atoms with Gasteiger partial charge in [-0.2, -0.15) is 0 Å². The van der Waals surface area contributed by atoms with Crippen LogP contribution in [0.5, 0.6) is 0 Å². The minimum atomic E-state index is 1.15. The molecule has 1 nitrogen and oxygen atoms in total. The topological polar surface area (TPSA) is 3.24 Å². The van der Waals surface area contributed by atoms with Gasteiger partial charge in [-0.05, 0) is 23.8 Å².